The maximum atomic E-state index is 13.4. The minimum absolute atomic E-state index is 0. The molecule has 0 saturated carbocycles. The average molecular weight is 596 g/mol. The molecule has 13 heteroatoms. The fraction of sp³-hybridized carbons (Fsp3) is 0.115. The van der Waals surface area contributed by atoms with Gasteiger partial charge in [0, 0.05) is 27.7 Å². The van der Waals surface area contributed by atoms with Gasteiger partial charge in [-0.15, -0.1) is 5.11 Å². The van der Waals surface area contributed by atoms with E-state index < -0.39 is 21.8 Å². The molecule has 39 heavy (non-hydrogen) atoms. The normalized spacial score (nSPS) is 11.4. The molecule has 4 aromatic rings. The summed E-state index contributed by atoms with van der Waals surface area (Å²) >= 11 is 12.3. The second-order valence-corrected chi connectivity index (χ2v) is 10.3. The van der Waals surface area contributed by atoms with Crippen LogP contribution in [0.1, 0.15) is 22.8 Å². The Balaban J connectivity index is 0.00000420. The second kappa shape index (κ2) is 12.6. The first-order valence-corrected chi connectivity index (χ1v) is 13.3. The number of halogens is 2. The number of benzene rings is 4. The summed E-state index contributed by atoms with van der Waals surface area (Å²) < 4.78 is 38.4. The van der Waals surface area contributed by atoms with E-state index >= 15 is 0 Å². The standard InChI is InChI=1S/C26H21Cl2N3O6S.Na/c1-3-14-9-21(28)22(13-23(14)38(34,35)36)30-31-24-19-7-5-4-6-15(19)8-20(25(24)32)26(33)29-17-10-16(27)11-18(12-17)37-2;/h4-13,32H,3H2,1-2H3,(H,29,33)(H,34,35,36);/q;+1/p-1. The van der Waals surface area contributed by atoms with Gasteiger partial charge in [0.1, 0.15) is 11.4 Å². The average Bonchev–Trinajstić information content (AvgIpc) is 2.87. The summed E-state index contributed by atoms with van der Waals surface area (Å²) in [5, 5.41) is 25.5. The van der Waals surface area contributed by atoms with Gasteiger partial charge in [0.25, 0.3) is 16.0 Å². The zero-order chi connectivity index (χ0) is 27.6. The topological polar surface area (TPSA) is 140 Å². The Morgan fingerprint density at radius 1 is 1.08 bits per heavy atom. The van der Waals surface area contributed by atoms with Gasteiger partial charge < -0.3 is 15.2 Å². The summed E-state index contributed by atoms with van der Waals surface area (Å²) in [6.45, 7) is 1.70. The zero-order valence-corrected chi connectivity index (χ0v) is 25.4. The molecule has 9 nitrogen and oxygen atoms in total. The molecule has 196 valence electrons. The molecular weight excluding hydrogens is 576 g/mol. The number of carbonyl (C=O) groups is 1. The summed E-state index contributed by atoms with van der Waals surface area (Å²) in [4.78, 5) is 12.7. The van der Waals surface area contributed by atoms with Crippen LogP contribution < -0.4 is 44.7 Å². The van der Waals surface area contributed by atoms with Gasteiger partial charge in [-0.05, 0) is 47.7 Å². The molecule has 2 N–H and O–H groups in total. The van der Waals surface area contributed by atoms with Crippen molar-refractivity contribution in [2.45, 2.75) is 18.2 Å². The van der Waals surface area contributed by atoms with E-state index in [2.05, 4.69) is 15.5 Å². The SMILES string of the molecule is CCc1cc(Cl)c(N=Nc2c([O-])c(C(=O)Nc3cc(Cl)cc(OC)c3)cc3ccccc23)cc1S(=O)(=O)O.[Na+]. The van der Waals surface area contributed by atoms with E-state index in [1.165, 1.54) is 25.3 Å². The second-order valence-electron chi connectivity index (χ2n) is 8.10. The van der Waals surface area contributed by atoms with Crippen LogP contribution >= 0.6 is 23.2 Å². The Hall–Kier alpha value is -2.70. The molecule has 0 radical (unpaired) electrons. The van der Waals surface area contributed by atoms with Crippen molar-refractivity contribution < 1.29 is 57.2 Å². The Morgan fingerprint density at radius 3 is 2.46 bits per heavy atom. The summed E-state index contributed by atoms with van der Waals surface area (Å²) in [6, 6.07) is 15.3. The van der Waals surface area contributed by atoms with E-state index in [-0.39, 0.29) is 62.8 Å². The number of carbonyl (C=O) groups excluding carboxylic acids is 1. The van der Waals surface area contributed by atoms with E-state index in [0.29, 0.717) is 32.8 Å². The fourth-order valence-electron chi connectivity index (χ4n) is 3.81. The van der Waals surface area contributed by atoms with Gasteiger partial charge >= 0.3 is 29.6 Å². The quantitative estimate of drug-likeness (QED) is 0.189. The smallest absolute Gasteiger partial charge is 0.870 e. The van der Waals surface area contributed by atoms with E-state index in [4.69, 9.17) is 27.9 Å². The molecule has 0 unspecified atom stereocenters. The van der Waals surface area contributed by atoms with Gasteiger partial charge in [0.15, 0.2) is 0 Å². The van der Waals surface area contributed by atoms with Gasteiger partial charge in [-0.3, -0.25) is 9.35 Å². The van der Waals surface area contributed by atoms with Gasteiger partial charge in [0.2, 0.25) is 0 Å². The van der Waals surface area contributed by atoms with Crippen molar-refractivity contribution >= 4 is 67.1 Å². The molecule has 0 heterocycles. The number of anilines is 1. The van der Waals surface area contributed by atoms with Crippen LogP contribution in [0.2, 0.25) is 10.0 Å². The van der Waals surface area contributed by atoms with Crippen LogP contribution in [-0.4, -0.2) is 26.0 Å². The first kappa shape index (κ1) is 30.8. The number of fused-ring (bicyclic) bond motifs is 1. The monoisotopic (exact) mass is 595 g/mol. The maximum absolute atomic E-state index is 13.4. The molecule has 0 saturated heterocycles. The third-order valence-electron chi connectivity index (χ3n) is 5.63. The van der Waals surface area contributed by atoms with E-state index in [9.17, 15) is 22.9 Å². The number of hydrogen-bond donors (Lipinski definition) is 2. The molecule has 0 aliphatic heterocycles. The molecule has 4 rings (SSSR count). The summed E-state index contributed by atoms with van der Waals surface area (Å²) in [5.41, 5.74) is 0.169. The molecule has 0 aliphatic carbocycles. The van der Waals surface area contributed by atoms with Gasteiger partial charge in [-0.1, -0.05) is 60.1 Å². The van der Waals surface area contributed by atoms with Crippen molar-refractivity contribution in [1.82, 2.24) is 0 Å². The summed E-state index contributed by atoms with van der Waals surface area (Å²) in [5.74, 6) is -1.01. The maximum Gasteiger partial charge on any atom is 1.00 e. The fourth-order valence-corrected chi connectivity index (χ4v) is 5.05. The van der Waals surface area contributed by atoms with Crippen LogP contribution in [0.4, 0.5) is 17.1 Å². The van der Waals surface area contributed by atoms with Crippen LogP contribution in [-0.2, 0) is 16.5 Å². The van der Waals surface area contributed by atoms with Gasteiger partial charge in [0.05, 0.1) is 22.7 Å². The minimum atomic E-state index is -4.56. The number of amides is 1. The van der Waals surface area contributed by atoms with Crippen molar-refractivity contribution in [3.05, 3.63) is 81.8 Å². The van der Waals surface area contributed by atoms with Crippen LogP contribution in [0, 0.1) is 0 Å². The third-order valence-corrected chi connectivity index (χ3v) is 7.09. The molecule has 1 amide bonds. The molecule has 0 spiro atoms. The van der Waals surface area contributed by atoms with Crippen LogP contribution in [0.25, 0.3) is 10.8 Å². The Bertz CT molecular complexity index is 1710. The zero-order valence-electron chi connectivity index (χ0n) is 21.0. The van der Waals surface area contributed by atoms with E-state index in [1.54, 1.807) is 43.3 Å². The van der Waals surface area contributed by atoms with E-state index in [1.807, 2.05) is 0 Å². The number of aryl methyl sites for hydroxylation is 1. The molecular formula is C26H20Cl2N3NaO6S. The molecule has 0 atom stereocenters. The van der Waals surface area contributed by atoms with Crippen molar-refractivity contribution in [3.63, 3.8) is 0 Å². The number of rotatable bonds is 7. The molecule has 4 aromatic carbocycles. The number of nitrogens with one attached hydrogen (secondary N) is 1. The number of azo groups is 1. The van der Waals surface area contributed by atoms with Crippen molar-refractivity contribution in [2.75, 3.05) is 12.4 Å². The summed E-state index contributed by atoms with van der Waals surface area (Å²) in [6.07, 6.45) is 0.289. The van der Waals surface area contributed by atoms with Crippen LogP contribution in [0.5, 0.6) is 11.5 Å². The number of methoxy groups -OCH3 is 1. The van der Waals surface area contributed by atoms with Crippen LogP contribution in [0.15, 0.2) is 75.8 Å². The van der Waals surface area contributed by atoms with Crippen molar-refractivity contribution in [2.24, 2.45) is 10.2 Å². The Morgan fingerprint density at radius 2 is 1.79 bits per heavy atom. The van der Waals surface area contributed by atoms with Crippen LogP contribution in [0.3, 0.4) is 0 Å². The number of ether oxygens (including phenoxy) is 1. The number of nitrogens with zero attached hydrogens (tertiary/aromatic N) is 2. The van der Waals surface area contributed by atoms with Crippen molar-refractivity contribution in [3.8, 4) is 11.5 Å². The Kier molecular flexibility index (Phi) is 10.0. The number of hydrogen-bond acceptors (Lipinski definition) is 7. The molecule has 0 fully saturated rings. The largest absolute Gasteiger partial charge is 1.00 e. The van der Waals surface area contributed by atoms with Crippen molar-refractivity contribution in [1.29, 1.82) is 0 Å². The minimum Gasteiger partial charge on any atom is -0.870 e. The predicted octanol–water partition coefficient (Wildman–Crippen LogP) is 3.71. The van der Waals surface area contributed by atoms with Gasteiger partial charge in [-0.2, -0.15) is 13.5 Å². The summed E-state index contributed by atoms with van der Waals surface area (Å²) in [7, 11) is -3.11. The Labute approximate surface area is 256 Å². The first-order chi connectivity index (χ1) is 18.0. The first-order valence-electron chi connectivity index (χ1n) is 11.1. The predicted molar refractivity (Wildman–Crippen MR) is 144 cm³/mol. The molecule has 0 aliphatic rings. The third kappa shape index (κ3) is 6.90. The molecule has 0 bridgehead atoms. The van der Waals surface area contributed by atoms with E-state index in [0.717, 1.165) is 6.07 Å². The molecule has 0 aromatic heterocycles. The van der Waals surface area contributed by atoms with Gasteiger partial charge in [-0.25, -0.2) is 0 Å².